The summed E-state index contributed by atoms with van der Waals surface area (Å²) in [6, 6.07) is 0. The summed E-state index contributed by atoms with van der Waals surface area (Å²) in [5, 5.41) is 9.31. The van der Waals surface area contributed by atoms with Crippen molar-refractivity contribution in [3.05, 3.63) is 11.6 Å². The first-order valence-electron chi connectivity index (χ1n) is 2.85. The Morgan fingerprint density at radius 2 is 2.33 bits per heavy atom. The van der Waals surface area contributed by atoms with Crippen LogP contribution in [0.5, 0.6) is 0 Å². The van der Waals surface area contributed by atoms with Gasteiger partial charge in [0.25, 0.3) is 0 Å². The standard InChI is InChI=1S/C6H13N3/c1-3-5(2)6(8)9-4-7/h3-4,6H,8H2,1-2H3,(H2,7,9)/b5-3+. The molecule has 0 amide bonds. The van der Waals surface area contributed by atoms with Crippen LogP contribution in [0.1, 0.15) is 13.8 Å². The van der Waals surface area contributed by atoms with Crippen molar-refractivity contribution < 1.29 is 0 Å². The minimum absolute atomic E-state index is 0.201. The summed E-state index contributed by atoms with van der Waals surface area (Å²) >= 11 is 0. The second-order valence-electron chi connectivity index (χ2n) is 1.82. The summed E-state index contributed by atoms with van der Waals surface area (Å²) in [5.74, 6) is 0. The number of hydrogen-bond acceptors (Lipinski definition) is 2. The Morgan fingerprint density at radius 3 is 2.67 bits per heavy atom. The Morgan fingerprint density at radius 1 is 1.78 bits per heavy atom. The highest BCUT2D eigenvalue weighted by atomic mass is 15.0. The molecule has 52 valence electrons. The maximum atomic E-state index is 6.66. The number of rotatable bonds is 3. The molecular formula is C6H13N3. The molecule has 1 atom stereocenters. The SMILES string of the molecule is C/C=C(\C)C(N)NC=N. The molecule has 0 saturated heterocycles. The molecule has 0 aliphatic heterocycles. The smallest absolute Gasteiger partial charge is 0.0969 e. The highest BCUT2D eigenvalue weighted by Crippen LogP contribution is 1.91. The lowest BCUT2D eigenvalue weighted by atomic mass is 10.2. The molecule has 0 saturated carbocycles. The van der Waals surface area contributed by atoms with E-state index >= 15 is 0 Å². The molecule has 0 aromatic heterocycles. The third-order valence-corrected chi connectivity index (χ3v) is 1.21. The summed E-state index contributed by atoms with van der Waals surface area (Å²) in [5.41, 5.74) is 6.55. The van der Waals surface area contributed by atoms with Gasteiger partial charge in [-0.15, -0.1) is 0 Å². The highest BCUT2D eigenvalue weighted by Gasteiger charge is 1.97. The van der Waals surface area contributed by atoms with E-state index in [0.29, 0.717) is 0 Å². The van der Waals surface area contributed by atoms with Gasteiger partial charge >= 0.3 is 0 Å². The average molecular weight is 127 g/mol. The van der Waals surface area contributed by atoms with Crippen molar-refractivity contribution in [2.75, 3.05) is 0 Å². The molecule has 0 bridgehead atoms. The van der Waals surface area contributed by atoms with Gasteiger partial charge in [0, 0.05) is 0 Å². The fourth-order valence-corrected chi connectivity index (χ4v) is 0.401. The van der Waals surface area contributed by atoms with Gasteiger partial charge in [0.1, 0.15) is 0 Å². The zero-order valence-corrected chi connectivity index (χ0v) is 5.81. The number of allylic oxidation sites excluding steroid dienone is 1. The van der Waals surface area contributed by atoms with E-state index in [2.05, 4.69) is 5.32 Å². The van der Waals surface area contributed by atoms with Gasteiger partial charge < -0.3 is 11.1 Å². The first-order chi connectivity index (χ1) is 4.22. The van der Waals surface area contributed by atoms with Gasteiger partial charge in [0.2, 0.25) is 0 Å². The van der Waals surface area contributed by atoms with Crippen molar-refractivity contribution in [1.82, 2.24) is 5.32 Å². The van der Waals surface area contributed by atoms with Gasteiger partial charge in [-0.3, -0.25) is 5.41 Å². The van der Waals surface area contributed by atoms with Gasteiger partial charge in [-0.25, -0.2) is 0 Å². The topological polar surface area (TPSA) is 61.9 Å². The summed E-state index contributed by atoms with van der Waals surface area (Å²) in [4.78, 5) is 0. The Kier molecular flexibility index (Phi) is 3.71. The van der Waals surface area contributed by atoms with Crippen LogP contribution in [0.2, 0.25) is 0 Å². The molecule has 0 spiro atoms. The quantitative estimate of drug-likeness (QED) is 0.223. The second kappa shape index (κ2) is 4.09. The van der Waals surface area contributed by atoms with Crippen LogP contribution in [0.15, 0.2) is 11.6 Å². The van der Waals surface area contributed by atoms with Gasteiger partial charge in [-0.05, 0) is 19.4 Å². The third kappa shape index (κ3) is 2.87. The fourth-order valence-electron chi connectivity index (χ4n) is 0.401. The van der Waals surface area contributed by atoms with E-state index in [-0.39, 0.29) is 6.17 Å². The van der Waals surface area contributed by atoms with Crippen LogP contribution in [0.3, 0.4) is 0 Å². The third-order valence-electron chi connectivity index (χ3n) is 1.21. The van der Waals surface area contributed by atoms with E-state index in [9.17, 15) is 0 Å². The van der Waals surface area contributed by atoms with E-state index < -0.39 is 0 Å². The molecule has 3 nitrogen and oxygen atoms in total. The summed E-state index contributed by atoms with van der Waals surface area (Å²) in [7, 11) is 0. The van der Waals surface area contributed by atoms with Crippen LogP contribution in [0, 0.1) is 5.41 Å². The zero-order valence-electron chi connectivity index (χ0n) is 5.81. The lowest BCUT2D eigenvalue weighted by Crippen LogP contribution is -2.36. The molecule has 0 aliphatic carbocycles. The number of nitrogens with one attached hydrogen (secondary N) is 2. The van der Waals surface area contributed by atoms with Crippen molar-refractivity contribution in [2.24, 2.45) is 5.73 Å². The van der Waals surface area contributed by atoms with Crippen LogP contribution in [0.25, 0.3) is 0 Å². The van der Waals surface area contributed by atoms with Crippen molar-refractivity contribution in [3.63, 3.8) is 0 Å². The van der Waals surface area contributed by atoms with Crippen molar-refractivity contribution in [1.29, 1.82) is 5.41 Å². The first-order valence-corrected chi connectivity index (χ1v) is 2.85. The van der Waals surface area contributed by atoms with E-state index in [0.717, 1.165) is 11.9 Å². The van der Waals surface area contributed by atoms with Crippen molar-refractivity contribution >= 4 is 6.34 Å². The van der Waals surface area contributed by atoms with Crippen molar-refractivity contribution in [2.45, 2.75) is 20.0 Å². The molecule has 0 radical (unpaired) electrons. The minimum Gasteiger partial charge on any atom is -0.358 e. The van der Waals surface area contributed by atoms with Gasteiger partial charge in [-0.2, -0.15) is 0 Å². The van der Waals surface area contributed by atoms with Crippen LogP contribution < -0.4 is 11.1 Å². The monoisotopic (exact) mass is 127 g/mol. The van der Waals surface area contributed by atoms with Crippen molar-refractivity contribution in [3.8, 4) is 0 Å². The van der Waals surface area contributed by atoms with E-state index in [1.165, 1.54) is 0 Å². The fraction of sp³-hybridized carbons (Fsp3) is 0.500. The van der Waals surface area contributed by atoms with Crippen LogP contribution in [-0.4, -0.2) is 12.5 Å². The largest absolute Gasteiger partial charge is 0.358 e. The molecular weight excluding hydrogens is 114 g/mol. The predicted molar refractivity (Wildman–Crippen MR) is 39.3 cm³/mol. The average Bonchev–Trinajstić information content (AvgIpc) is 1.87. The predicted octanol–water partition coefficient (Wildman–Crippen LogP) is 0.434. The van der Waals surface area contributed by atoms with Gasteiger partial charge in [0.05, 0.1) is 12.5 Å². The molecule has 0 fully saturated rings. The highest BCUT2D eigenvalue weighted by molar-refractivity contribution is 5.51. The molecule has 0 aromatic carbocycles. The molecule has 1 unspecified atom stereocenters. The molecule has 4 N–H and O–H groups in total. The van der Waals surface area contributed by atoms with Crippen LogP contribution in [0.4, 0.5) is 0 Å². The zero-order chi connectivity index (χ0) is 7.28. The van der Waals surface area contributed by atoms with E-state index in [4.69, 9.17) is 11.1 Å². The maximum absolute atomic E-state index is 6.66. The molecule has 0 aromatic rings. The lowest BCUT2D eigenvalue weighted by Gasteiger charge is -2.09. The van der Waals surface area contributed by atoms with Gasteiger partial charge in [-0.1, -0.05) is 6.08 Å². The maximum Gasteiger partial charge on any atom is 0.0969 e. The molecule has 9 heavy (non-hydrogen) atoms. The van der Waals surface area contributed by atoms with Crippen LogP contribution >= 0.6 is 0 Å². The van der Waals surface area contributed by atoms with E-state index in [1.807, 2.05) is 19.9 Å². The Hall–Kier alpha value is -0.830. The molecule has 0 heterocycles. The summed E-state index contributed by atoms with van der Waals surface area (Å²) in [6.45, 7) is 3.84. The Balaban J connectivity index is 3.72. The summed E-state index contributed by atoms with van der Waals surface area (Å²) < 4.78 is 0. The number of nitrogens with two attached hydrogens (primary N) is 1. The normalized spacial score (nSPS) is 14.8. The minimum atomic E-state index is -0.201. The molecule has 3 heteroatoms. The number of hydrogen-bond donors (Lipinski definition) is 3. The van der Waals surface area contributed by atoms with Crippen LogP contribution in [-0.2, 0) is 0 Å². The Bertz CT molecular complexity index is 117. The van der Waals surface area contributed by atoms with E-state index in [1.54, 1.807) is 0 Å². The summed E-state index contributed by atoms with van der Waals surface area (Å²) in [6.07, 6.45) is 2.81. The first kappa shape index (κ1) is 8.17. The molecule has 0 rings (SSSR count). The second-order valence-corrected chi connectivity index (χ2v) is 1.82. The van der Waals surface area contributed by atoms with Gasteiger partial charge in [0.15, 0.2) is 0 Å². The Labute approximate surface area is 55.4 Å². The lowest BCUT2D eigenvalue weighted by molar-refractivity contribution is 0.730. The molecule has 0 aliphatic rings.